The Morgan fingerprint density at radius 2 is 2.32 bits per heavy atom. The molecule has 1 atom stereocenters. The number of amidine groups is 1. The van der Waals surface area contributed by atoms with Gasteiger partial charge in [0.05, 0.1) is 0 Å². The number of oxime groups is 1. The summed E-state index contributed by atoms with van der Waals surface area (Å²) in [5.74, 6) is 0.390. The number of rotatable bonds is 3. The minimum absolute atomic E-state index is 0.105. The van der Waals surface area contributed by atoms with Gasteiger partial charge in [-0.05, 0) is 37.0 Å². The fraction of sp³-hybridized carbons (Fsp3) is 0.462. The van der Waals surface area contributed by atoms with Gasteiger partial charge in [0.25, 0.3) is 0 Å². The number of nitrogens with zero attached hydrogens (tertiary/aromatic N) is 2. The average Bonchev–Trinajstić information content (AvgIpc) is 2.46. The summed E-state index contributed by atoms with van der Waals surface area (Å²) in [4.78, 5) is 2.18. The standard InChI is InChI=1S/C13H18BrN3O2/c14-10-3-4-11(13(15)16-19)12(6-10)17-5-1-2-9(7-17)8-18/h3-4,6,9,18-19H,1-2,5,7-8H2,(H2,15,16). The monoisotopic (exact) mass is 327 g/mol. The van der Waals surface area contributed by atoms with Crippen molar-refractivity contribution in [2.75, 3.05) is 24.6 Å². The molecule has 0 aliphatic carbocycles. The molecule has 1 saturated heterocycles. The smallest absolute Gasteiger partial charge is 0.172 e. The summed E-state index contributed by atoms with van der Waals surface area (Å²) in [7, 11) is 0. The van der Waals surface area contributed by atoms with Crippen molar-refractivity contribution in [3.8, 4) is 0 Å². The summed E-state index contributed by atoms with van der Waals surface area (Å²) in [5.41, 5.74) is 7.37. The molecule has 1 aliphatic rings. The Morgan fingerprint density at radius 1 is 1.53 bits per heavy atom. The van der Waals surface area contributed by atoms with E-state index in [9.17, 15) is 5.11 Å². The first kappa shape index (κ1) is 14.1. The third-order valence-electron chi connectivity index (χ3n) is 3.46. The summed E-state index contributed by atoms with van der Waals surface area (Å²) in [6.45, 7) is 1.90. The lowest BCUT2D eigenvalue weighted by molar-refractivity contribution is 0.208. The second-order valence-electron chi connectivity index (χ2n) is 4.78. The molecular weight excluding hydrogens is 310 g/mol. The molecule has 1 unspecified atom stereocenters. The largest absolute Gasteiger partial charge is 0.409 e. The molecule has 0 radical (unpaired) electrons. The topological polar surface area (TPSA) is 82.1 Å². The van der Waals surface area contributed by atoms with E-state index in [-0.39, 0.29) is 18.4 Å². The van der Waals surface area contributed by atoms with Crippen LogP contribution >= 0.6 is 15.9 Å². The Hall–Kier alpha value is -1.27. The van der Waals surface area contributed by atoms with Gasteiger partial charge in [-0.25, -0.2) is 0 Å². The van der Waals surface area contributed by atoms with Crippen LogP contribution in [0, 0.1) is 5.92 Å². The number of halogens is 1. The van der Waals surface area contributed by atoms with Crippen LogP contribution in [0.25, 0.3) is 0 Å². The van der Waals surface area contributed by atoms with E-state index in [0.717, 1.165) is 36.1 Å². The minimum atomic E-state index is 0.105. The van der Waals surface area contributed by atoms with Crippen LogP contribution in [-0.2, 0) is 0 Å². The minimum Gasteiger partial charge on any atom is -0.409 e. The van der Waals surface area contributed by atoms with E-state index in [1.165, 1.54) is 0 Å². The van der Waals surface area contributed by atoms with Gasteiger partial charge in [-0.3, -0.25) is 0 Å². The Morgan fingerprint density at radius 3 is 3.00 bits per heavy atom. The SMILES string of the molecule is N/C(=N/O)c1ccc(Br)cc1N1CCCC(CO)C1. The molecule has 1 fully saturated rings. The average molecular weight is 328 g/mol. The highest BCUT2D eigenvalue weighted by Crippen LogP contribution is 2.29. The highest BCUT2D eigenvalue weighted by atomic mass is 79.9. The lowest BCUT2D eigenvalue weighted by atomic mass is 9.97. The van der Waals surface area contributed by atoms with Gasteiger partial charge in [0, 0.05) is 35.4 Å². The van der Waals surface area contributed by atoms with Crippen molar-refractivity contribution in [2.45, 2.75) is 12.8 Å². The van der Waals surface area contributed by atoms with Crippen molar-refractivity contribution in [2.24, 2.45) is 16.8 Å². The first-order valence-corrected chi connectivity index (χ1v) is 7.08. The van der Waals surface area contributed by atoms with Crippen molar-refractivity contribution in [1.29, 1.82) is 0 Å². The Balaban J connectivity index is 2.34. The number of hydrogen-bond acceptors (Lipinski definition) is 4. The van der Waals surface area contributed by atoms with Crippen LogP contribution < -0.4 is 10.6 Å². The van der Waals surface area contributed by atoms with Crippen molar-refractivity contribution >= 4 is 27.5 Å². The molecule has 104 valence electrons. The molecule has 6 heteroatoms. The van der Waals surface area contributed by atoms with Crippen LogP contribution in [-0.4, -0.2) is 35.8 Å². The molecule has 5 nitrogen and oxygen atoms in total. The molecule has 1 aliphatic heterocycles. The van der Waals surface area contributed by atoms with Gasteiger partial charge >= 0.3 is 0 Å². The summed E-state index contributed by atoms with van der Waals surface area (Å²) < 4.78 is 0.947. The Bertz CT molecular complexity index is 479. The van der Waals surface area contributed by atoms with Gasteiger partial charge in [-0.15, -0.1) is 0 Å². The zero-order valence-electron chi connectivity index (χ0n) is 10.6. The van der Waals surface area contributed by atoms with E-state index in [1.54, 1.807) is 0 Å². The van der Waals surface area contributed by atoms with Crippen LogP contribution in [0.2, 0.25) is 0 Å². The zero-order chi connectivity index (χ0) is 13.8. The van der Waals surface area contributed by atoms with Crippen molar-refractivity contribution in [3.63, 3.8) is 0 Å². The van der Waals surface area contributed by atoms with E-state index in [0.29, 0.717) is 5.56 Å². The lowest BCUT2D eigenvalue weighted by Crippen LogP contribution is -2.38. The van der Waals surface area contributed by atoms with Gasteiger partial charge in [0.15, 0.2) is 5.84 Å². The van der Waals surface area contributed by atoms with Crippen molar-refractivity contribution < 1.29 is 10.3 Å². The normalized spacial score (nSPS) is 20.6. The van der Waals surface area contributed by atoms with Crippen LogP contribution in [0.4, 0.5) is 5.69 Å². The van der Waals surface area contributed by atoms with Crippen molar-refractivity contribution in [3.05, 3.63) is 28.2 Å². The molecule has 1 aromatic carbocycles. The number of hydrogen-bond donors (Lipinski definition) is 3. The summed E-state index contributed by atoms with van der Waals surface area (Å²) >= 11 is 3.45. The first-order valence-electron chi connectivity index (χ1n) is 6.29. The molecule has 0 bridgehead atoms. The molecular formula is C13H18BrN3O2. The molecule has 1 heterocycles. The molecule has 0 aromatic heterocycles. The molecule has 0 saturated carbocycles. The molecule has 4 N–H and O–H groups in total. The Labute approximate surface area is 120 Å². The summed E-state index contributed by atoms with van der Waals surface area (Å²) in [6.07, 6.45) is 2.08. The zero-order valence-corrected chi connectivity index (χ0v) is 12.2. The van der Waals surface area contributed by atoms with E-state index in [1.807, 2.05) is 18.2 Å². The number of piperidine rings is 1. The second-order valence-corrected chi connectivity index (χ2v) is 5.70. The number of aliphatic hydroxyl groups is 1. The van der Waals surface area contributed by atoms with Crippen LogP contribution in [0.15, 0.2) is 27.8 Å². The van der Waals surface area contributed by atoms with E-state index >= 15 is 0 Å². The number of aliphatic hydroxyl groups excluding tert-OH is 1. The maximum Gasteiger partial charge on any atom is 0.172 e. The molecule has 0 spiro atoms. The van der Waals surface area contributed by atoms with Gasteiger partial charge < -0.3 is 20.9 Å². The maximum atomic E-state index is 9.31. The lowest BCUT2D eigenvalue weighted by Gasteiger charge is -2.34. The van der Waals surface area contributed by atoms with E-state index in [2.05, 4.69) is 26.0 Å². The second kappa shape index (κ2) is 6.25. The van der Waals surface area contributed by atoms with Crippen LogP contribution in [0.3, 0.4) is 0 Å². The van der Waals surface area contributed by atoms with Gasteiger partial charge in [-0.1, -0.05) is 21.1 Å². The predicted molar refractivity (Wildman–Crippen MR) is 78.7 cm³/mol. The van der Waals surface area contributed by atoms with Gasteiger partial charge in [-0.2, -0.15) is 0 Å². The first-order chi connectivity index (χ1) is 9.15. The third kappa shape index (κ3) is 3.19. The quantitative estimate of drug-likeness (QED) is 0.342. The predicted octanol–water partition coefficient (Wildman–Crippen LogP) is 1.75. The van der Waals surface area contributed by atoms with E-state index in [4.69, 9.17) is 10.9 Å². The fourth-order valence-corrected chi connectivity index (χ4v) is 2.82. The summed E-state index contributed by atoms with van der Waals surface area (Å²) in [6, 6.07) is 5.66. The highest BCUT2D eigenvalue weighted by molar-refractivity contribution is 9.10. The van der Waals surface area contributed by atoms with E-state index < -0.39 is 0 Å². The fourth-order valence-electron chi connectivity index (χ4n) is 2.47. The van der Waals surface area contributed by atoms with Crippen molar-refractivity contribution in [1.82, 2.24) is 0 Å². The van der Waals surface area contributed by atoms with Gasteiger partial charge in [0.1, 0.15) is 0 Å². The molecule has 2 rings (SSSR count). The summed E-state index contributed by atoms with van der Waals surface area (Å²) in [5, 5.41) is 21.3. The number of benzene rings is 1. The number of anilines is 1. The molecule has 0 amide bonds. The highest BCUT2D eigenvalue weighted by Gasteiger charge is 2.22. The van der Waals surface area contributed by atoms with Crippen LogP contribution in [0.5, 0.6) is 0 Å². The van der Waals surface area contributed by atoms with Gasteiger partial charge in [0.2, 0.25) is 0 Å². The maximum absolute atomic E-state index is 9.31. The third-order valence-corrected chi connectivity index (χ3v) is 3.95. The Kier molecular flexibility index (Phi) is 4.66. The molecule has 1 aromatic rings. The van der Waals surface area contributed by atoms with Crippen LogP contribution in [0.1, 0.15) is 18.4 Å². The molecule has 19 heavy (non-hydrogen) atoms. The number of nitrogens with two attached hydrogens (primary N) is 1.